The third kappa shape index (κ3) is 2.00. The summed E-state index contributed by atoms with van der Waals surface area (Å²) in [5.41, 5.74) is 2.18. The van der Waals surface area contributed by atoms with Crippen LogP contribution in [0.2, 0.25) is 6.55 Å². The lowest BCUT2D eigenvalue weighted by atomic mass is 10.1. The second kappa shape index (κ2) is 5.10. The molecule has 0 amide bonds. The molecule has 0 spiro atoms. The van der Waals surface area contributed by atoms with Crippen LogP contribution in [0.15, 0.2) is 85.1 Å². The van der Waals surface area contributed by atoms with Crippen LogP contribution in [-0.4, -0.2) is 8.07 Å². The minimum Gasteiger partial charge on any atom is -0.106 e. The summed E-state index contributed by atoms with van der Waals surface area (Å²) in [5.74, 6) is 0. The van der Waals surface area contributed by atoms with E-state index in [1.807, 2.05) is 0 Å². The largest absolute Gasteiger partial charge is 0.138 e. The zero-order chi connectivity index (χ0) is 14.0. The Kier molecular flexibility index (Phi) is 3.29. The number of fused-ring (bicyclic) bond motifs is 1. The van der Waals surface area contributed by atoms with Crippen LogP contribution in [0.25, 0.3) is 10.8 Å². The van der Waals surface area contributed by atoms with Gasteiger partial charge in [0.1, 0.15) is 8.07 Å². The average molecular weight is 274 g/mol. The second-order valence-corrected chi connectivity index (χ2v) is 9.23. The number of hydrogen-bond donors (Lipinski definition) is 0. The van der Waals surface area contributed by atoms with Crippen LogP contribution < -0.4 is 10.4 Å². The summed E-state index contributed by atoms with van der Waals surface area (Å²) < 4.78 is 0. The van der Waals surface area contributed by atoms with Gasteiger partial charge in [0.05, 0.1) is 0 Å². The van der Waals surface area contributed by atoms with E-state index < -0.39 is 8.07 Å². The van der Waals surface area contributed by atoms with Gasteiger partial charge in [-0.25, -0.2) is 0 Å². The molecule has 0 fully saturated rings. The Morgan fingerprint density at radius 3 is 2.20 bits per heavy atom. The molecule has 0 N–H and O–H groups in total. The van der Waals surface area contributed by atoms with Gasteiger partial charge in [-0.1, -0.05) is 90.2 Å². The van der Waals surface area contributed by atoms with Crippen LogP contribution in [-0.2, 0) is 0 Å². The molecule has 0 saturated carbocycles. The van der Waals surface area contributed by atoms with Crippen LogP contribution in [0.1, 0.15) is 0 Å². The van der Waals surface area contributed by atoms with Crippen molar-refractivity contribution in [1.29, 1.82) is 0 Å². The first-order valence-corrected chi connectivity index (χ1v) is 9.51. The molecule has 98 valence electrons. The van der Waals surface area contributed by atoms with Gasteiger partial charge in [0.2, 0.25) is 0 Å². The molecule has 0 radical (unpaired) electrons. The van der Waals surface area contributed by atoms with E-state index in [1.54, 1.807) is 0 Å². The van der Waals surface area contributed by atoms with Crippen molar-refractivity contribution in [2.75, 3.05) is 0 Å². The summed E-state index contributed by atoms with van der Waals surface area (Å²) in [6.45, 7) is 6.53. The predicted molar refractivity (Wildman–Crippen MR) is 91.5 cm³/mol. The quantitative estimate of drug-likeness (QED) is 0.638. The maximum absolute atomic E-state index is 4.15. The lowest BCUT2D eigenvalue weighted by Crippen LogP contribution is -2.54. The molecular weight excluding hydrogens is 256 g/mol. The first kappa shape index (κ1) is 12.9. The van der Waals surface area contributed by atoms with Crippen LogP contribution in [0.3, 0.4) is 0 Å². The van der Waals surface area contributed by atoms with Gasteiger partial charge in [-0.3, -0.25) is 0 Å². The number of hydrogen-bond acceptors (Lipinski definition) is 0. The lowest BCUT2D eigenvalue weighted by Gasteiger charge is -2.26. The van der Waals surface area contributed by atoms with Gasteiger partial charge in [0, 0.05) is 0 Å². The van der Waals surface area contributed by atoms with Gasteiger partial charge < -0.3 is 0 Å². The van der Waals surface area contributed by atoms with Crippen LogP contribution in [0.4, 0.5) is 0 Å². The Labute approximate surface area is 121 Å². The van der Waals surface area contributed by atoms with Crippen molar-refractivity contribution in [2.45, 2.75) is 6.55 Å². The Bertz CT molecular complexity index is 741. The van der Waals surface area contributed by atoms with Crippen molar-refractivity contribution in [3.63, 3.8) is 0 Å². The minimum absolute atomic E-state index is 1.31. The Balaban J connectivity index is 2.30. The minimum atomic E-state index is -1.88. The summed E-state index contributed by atoms with van der Waals surface area (Å²) >= 11 is 0. The molecule has 20 heavy (non-hydrogen) atoms. The molecule has 3 aromatic carbocycles. The van der Waals surface area contributed by atoms with Crippen LogP contribution >= 0.6 is 0 Å². The van der Waals surface area contributed by atoms with Gasteiger partial charge in [0.15, 0.2) is 0 Å². The van der Waals surface area contributed by atoms with Gasteiger partial charge in [0.25, 0.3) is 0 Å². The molecule has 1 unspecified atom stereocenters. The normalized spacial score (nSPS) is 13.8. The molecule has 3 aromatic rings. The van der Waals surface area contributed by atoms with Crippen molar-refractivity contribution in [1.82, 2.24) is 0 Å². The standard InChI is InChI=1S/C19H18Si/c1-3-20(2,17-12-5-4-6-13-17)19-15-9-11-16-10-7-8-14-18(16)19/h3-15H,1H2,2H3. The van der Waals surface area contributed by atoms with E-state index in [9.17, 15) is 0 Å². The highest BCUT2D eigenvalue weighted by molar-refractivity contribution is 7.06. The Hall–Kier alpha value is -2.12. The first-order valence-electron chi connectivity index (χ1n) is 6.93. The summed E-state index contributed by atoms with van der Waals surface area (Å²) in [4.78, 5) is 0. The van der Waals surface area contributed by atoms with Crippen molar-refractivity contribution < 1.29 is 0 Å². The van der Waals surface area contributed by atoms with Crippen LogP contribution in [0, 0.1) is 0 Å². The van der Waals surface area contributed by atoms with E-state index in [2.05, 4.69) is 91.6 Å². The molecule has 0 aromatic heterocycles. The Morgan fingerprint density at radius 1 is 0.800 bits per heavy atom. The van der Waals surface area contributed by atoms with Gasteiger partial charge in [-0.05, 0) is 16.0 Å². The van der Waals surface area contributed by atoms with Gasteiger partial charge in [-0.2, -0.15) is 0 Å². The summed E-state index contributed by atoms with van der Waals surface area (Å²) in [6, 6.07) is 26.0. The smallest absolute Gasteiger partial charge is 0.106 e. The topological polar surface area (TPSA) is 0 Å². The average Bonchev–Trinajstić information content (AvgIpc) is 2.54. The van der Waals surface area contributed by atoms with Crippen molar-refractivity contribution >= 4 is 29.2 Å². The summed E-state index contributed by atoms with van der Waals surface area (Å²) in [6.07, 6.45) is 0. The molecule has 0 saturated heterocycles. The van der Waals surface area contributed by atoms with Crippen molar-refractivity contribution in [3.05, 3.63) is 85.1 Å². The lowest BCUT2D eigenvalue weighted by molar-refractivity contribution is 1.71. The van der Waals surface area contributed by atoms with Crippen LogP contribution in [0.5, 0.6) is 0 Å². The Morgan fingerprint density at radius 2 is 1.45 bits per heavy atom. The predicted octanol–water partition coefficient (Wildman–Crippen LogP) is 3.76. The van der Waals surface area contributed by atoms with E-state index in [0.717, 1.165) is 0 Å². The monoisotopic (exact) mass is 274 g/mol. The molecule has 0 nitrogen and oxygen atoms in total. The first-order chi connectivity index (χ1) is 9.75. The fourth-order valence-corrected chi connectivity index (χ4v) is 5.73. The molecule has 0 aliphatic carbocycles. The molecule has 0 bridgehead atoms. The van der Waals surface area contributed by atoms with Crippen molar-refractivity contribution in [3.8, 4) is 0 Å². The SMILES string of the molecule is C=C[Si](C)(c1ccccc1)c1cccc2ccccc12. The maximum atomic E-state index is 4.15. The van der Waals surface area contributed by atoms with E-state index in [1.165, 1.54) is 21.1 Å². The third-order valence-electron chi connectivity index (χ3n) is 4.13. The maximum Gasteiger partial charge on any atom is 0.138 e. The van der Waals surface area contributed by atoms with E-state index in [4.69, 9.17) is 0 Å². The highest BCUT2D eigenvalue weighted by Gasteiger charge is 2.29. The summed E-state index contributed by atoms with van der Waals surface area (Å²) in [5, 5.41) is 5.51. The highest BCUT2D eigenvalue weighted by Crippen LogP contribution is 2.16. The fraction of sp³-hybridized carbons (Fsp3) is 0.0526. The molecule has 0 aliphatic rings. The zero-order valence-electron chi connectivity index (χ0n) is 11.7. The third-order valence-corrected chi connectivity index (χ3v) is 8.04. The molecule has 3 rings (SSSR count). The fourth-order valence-electron chi connectivity index (χ4n) is 2.85. The molecule has 0 aliphatic heterocycles. The van der Waals surface area contributed by atoms with Gasteiger partial charge in [-0.15, -0.1) is 6.58 Å². The molecular formula is C19H18Si. The molecule has 0 heterocycles. The van der Waals surface area contributed by atoms with Gasteiger partial charge >= 0.3 is 0 Å². The molecule has 1 heteroatoms. The zero-order valence-corrected chi connectivity index (χ0v) is 12.7. The highest BCUT2D eigenvalue weighted by atomic mass is 28.3. The molecule has 1 atom stereocenters. The van der Waals surface area contributed by atoms with E-state index >= 15 is 0 Å². The number of rotatable bonds is 3. The number of benzene rings is 3. The van der Waals surface area contributed by atoms with E-state index in [-0.39, 0.29) is 0 Å². The summed E-state index contributed by atoms with van der Waals surface area (Å²) in [7, 11) is -1.88. The second-order valence-electron chi connectivity index (χ2n) is 5.30. The van der Waals surface area contributed by atoms with Crippen molar-refractivity contribution in [2.24, 2.45) is 0 Å². The van der Waals surface area contributed by atoms with E-state index in [0.29, 0.717) is 0 Å².